The van der Waals surface area contributed by atoms with Gasteiger partial charge in [-0.15, -0.1) is 0 Å². The van der Waals surface area contributed by atoms with Crippen LogP contribution in [0.2, 0.25) is 0 Å². The molecule has 0 fully saturated rings. The van der Waals surface area contributed by atoms with E-state index in [1.165, 1.54) is 98.4 Å². The van der Waals surface area contributed by atoms with E-state index >= 15 is 0 Å². The average molecular weight is 786 g/mol. The second kappa shape index (κ2) is 27.1. The molecule has 0 bridgehead atoms. The van der Waals surface area contributed by atoms with Crippen LogP contribution in [0.4, 0.5) is 0 Å². The first-order valence-corrected chi connectivity index (χ1v) is 22.0. The Morgan fingerprint density at radius 3 is 1.36 bits per heavy atom. The van der Waals surface area contributed by atoms with Crippen LogP contribution in [0.1, 0.15) is 150 Å². The summed E-state index contributed by atoms with van der Waals surface area (Å²) in [7, 11) is 0. The van der Waals surface area contributed by atoms with Gasteiger partial charge in [-0.25, -0.2) is 4.70 Å². The molecule has 5 rings (SSSR count). The van der Waals surface area contributed by atoms with Crippen molar-refractivity contribution in [1.29, 1.82) is 0 Å². The van der Waals surface area contributed by atoms with Crippen LogP contribution in [0, 0.1) is 0 Å². The fourth-order valence-corrected chi connectivity index (χ4v) is 7.36. The molecule has 0 saturated heterocycles. The third kappa shape index (κ3) is 16.6. The Hall–Kier alpha value is -3.63. The fraction of sp³-hybridized carbons (Fsp3) is 0.440. The van der Waals surface area contributed by atoms with E-state index in [9.17, 15) is 5.53 Å². The summed E-state index contributed by atoms with van der Waals surface area (Å²) in [5.41, 5.74) is 21.7. The first-order chi connectivity index (χ1) is 27.1. The van der Waals surface area contributed by atoms with E-state index in [2.05, 4.69) is 75.4 Å². The summed E-state index contributed by atoms with van der Waals surface area (Å²) in [5.74, 6) is 0. The van der Waals surface area contributed by atoms with Crippen LogP contribution < -0.4 is 0 Å². The quantitative estimate of drug-likeness (QED) is 0.0382. The number of benzene rings is 4. The first kappa shape index (κ1) is 44.1. The molecule has 0 spiro atoms. The molecule has 0 N–H and O–H groups in total. The van der Waals surface area contributed by atoms with E-state index in [4.69, 9.17) is 7.76 Å². The van der Waals surface area contributed by atoms with Gasteiger partial charge in [0.2, 0.25) is 11.4 Å². The van der Waals surface area contributed by atoms with Gasteiger partial charge in [0.1, 0.15) is 0 Å². The Morgan fingerprint density at radius 1 is 0.455 bits per heavy atom. The number of rotatable bonds is 25. The van der Waals surface area contributed by atoms with Crippen LogP contribution >= 0.6 is 0 Å². The summed E-state index contributed by atoms with van der Waals surface area (Å²) >= 11 is 0.863. The summed E-state index contributed by atoms with van der Waals surface area (Å²) in [5, 5.41) is 0. The third-order valence-corrected chi connectivity index (χ3v) is 10.7. The van der Waals surface area contributed by atoms with Crippen molar-refractivity contribution in [2.75, 3.05) is 0 Å². The Kier molecular flexibility index (Phi) is 21.7. The summed E-state index contributed by atoms with van der Waals surface area (Å²) in [6, 6.07) is 37.9. The van der Waals surface area contributed by atoms with Gasteiger partial charge in [0.05, 0.1) is 0 Å². The van der Waals surface area contributed by atoms with Crippen LogP contribution in [-0.4, -0.2) is 4.70 Å². The van der Waals surface area contributed by atoms with Crippen LogP contribution in [0.5, 0.6) is 0 Å². The second-order valence-electron chi connectivity index (χ2n) is 14.7. The summed E-state index contributed by atoms with van der Waals surface area (Å²) in [6.07, 6.45) is 23.7. The summed E-state index contributed by atoms with van der Waals surface area (Å²) in [4.78, 5) is 0. The van der Waals surface area contributed by atoms with Gasteiger partial charge >= 0.3 is 108 Å². The molecule has 0 unspecified atom stereocenters. The Balaban J connectivity index is 0.000000328. The molecule has 0 aromatic heterocycles. The molecule has 5 heteroatoms. The zero-order chi connectivity index (χ0) is 38.8. The molecule has 298 valence electrons. The number of hydrogen-bond donors (Lipinski definition) is 0. The van der Waals surface area contributed by atoms with Crippen molar-refractivity contribution in [3.63, 3.8) is 0 Å². The molecule has 1 aliphatic rings. The molecule has 4 nitrogen and oxygen atoms in total. The van der Waals surface area contributed by atoms with Gasteiger partial charge < -0.3 is 5.53 Å². The fourth-order valence-electron chi connectivity index (χ4n) is 6.83. The standard InChI is InChI=1S/C36H52N2.2C7H7O.Ni/c1-4-7-10-12-14-16-18-30-21-25-32(26-22-30)35-29-34(20-9-6-3)36(38(35)37)33-27-23-31(24-28-33)19-17-15-13-11-8-5-2;2*8-6-7-4-2-1-3-5-7;/h21-29H,4-20H2,1-3H3;2*1-5H,6H2;/q;2*-1;+2. The first-order valence-electron chi connectivity index (χ1n) is 21.2. The van der Waals surface area contributed by atoms with Gasteiger partial charge in [0.15, 0.2) is 0 Å². The normalized spacial score (nSPS) is 12.6. The van der Waals surface area contributed by atoms with E-state index in [-0.39, 0.29) is 0 Å². The molecule has 1 aliphatic heterocycles. The van der Waals surface area contributed by atoms with Crippen molar-refractivity contribution in [2.24, 2.45) is 0 Å². The molecule has 4 aromatic carbocycles. The molecule has 0 saturated carbocycles. The minimum absolute atomic E-state index is 0.565. The predicted octanol–water partition coefficient (Wildman–Crippen LogP) is 14.8. The Labute approximate surface area is 340 Å². The van der Waals surface area contributed by atoms with Gasteiger partial charge in [-0.1, -0.05) is 116 Å². The van der Waals surface area contributed by atoms with Gasteiger partial charge in [-0.05, 0) is 73.9 Å². The van der Waals surface area contributed by atoms with Crippen LogP contribution in [-0.2, 0) is 48.9 Å². The average Bonchev–Trinajstić information content (AvgIpc) is 3.56. The summed E-state index contributed by atoms with van der Waals surface area (Å²) in [6.45, 7) is 7.91. The second-order valence-corrected chi connectivity index (χ2v) is 15.5. The molecule has 0 radical (unpaired) electrons. The molecule has 0 atom stereocenters. The Bertz CT molecular complexity index is 1640. The van der Waals surface area contributed by atoms with E-state index in [0.717, 1.165) is 80.8 Å². The molecule has 4 aromatic rings. The van der Waals surface area contributed by atoms with Gasteiger partial charge in [-0.2, -0.15) is 0 Å². The number of hydrogen-bond acceptors (Lipinski definition) is 2. The van der Waals surface area contributed by atoms with Crippen molar-refractivity contribution in [2.45, 2.75) is 143 Å². The molecule has 0 amide bonds. The van der Waals surface area contributed by atoms with Gasteiger partial charge in [0.25, 0.3) is 0 Å². The molecule has 55 heavy (non-hydrogen) atoms. The number of unbranched alkanes of at least 4 members (excludes halogenated alkanes) is 11. The zero-order valence-corrected chi connectivity index (χ0v) is 34.9. The maximum absolute atomic E-state index is 11.4. The Morgan fingerprint density at radius 2 is 0.891 bits per heavy atom. The van der Waals surface area contributed by atoms with E-state index in [1.807, 2.05) is 60.7 Å². The molecular weight excluding hydrogens is 719 g/mol. The molecule has 1 heterocycles. The van der Waals surface area contributed by atoms with Crippen LogP contribution in [0.3, 0.4) is 0 Å². The SMILES string of the molecule is CCCCCCCCc1ccc(C2=CC(CCCC)=C(c3ccc(CCCCCCCC)cc3)[N+]2=[N-])cc1.c1ccc(C[O][Ni][O]Cc2ccccc2)cc1. The van der Waals surface area contributed by atoms with Gasteiger partial charge in [0, 0.05) is 22.8 Å². The minimum atomic E-state index is 0.565. The van der Waals surface area contributed by atoms with Crippen molar-refractivity contribution < 1.29 is 27.5 Å². The maximum atomic E-state index is 11.4. The molecule has 0 aliphatic carbocycles. The number of aryl methyl sites for hydroxylation is 2. The van der Waals surface area contributed by atoms with Crippen molar-refractivity contribution >= 4 is 11.4 Å². The monoisotopic (exact) mass is 784 g/mol. The summed E-state index contributed by atoms with van der Waals surface area (Å²) < 4.78 is 12.2. The van der Waals surface area contributed by atoms with E-state index in [1.54, 1.807) is 0 Å². The van der Waals surface area contributed by atoms with E-state index < -0.39 is 0 Å². The predicted molar refractivity (Wildman–Crippen MR) is 228 cm³/mol. The topological polar surface area (TPSA) is 43.8 Å². The van der Waals surface area contributed by atoms with Gasteiger partial charge in [-0.3, -0.25) is 0 Å². The third-order valence-electron chi connectivity index (χ3n) is 10.2. The molecular formula is C50H66N2NiO2. The zero-order valence-electron chi connectivity index (χ0n) is 33.9. The van der Waals surface area contributed by atoms with Crippen molar-refractivity contribution in [3.8, 4) is 0 Å². The van der Waals surface area contributed by atoms with E-state index in [0.29, 0.717) is 13.2 Å². The van der Waals surface area contributed by atoms with Crippen molar-refractivity contribution in [3.05, 3.63) is 160 Å². The van der Waals surface area contributed by atoms with Crippen molar-refractivity contribution in [1.82, 2.24) is 0 Å². The number of allylic oxidation sites excluding steroid dienone is 2. The van der Waals surface area contributed by atoms with Crippen LogP contribution in [0.15, 0.2) is 121 Å². The van der Waals surface area contributed by atoms with Crippen LogP contribution in [0.25, 0.3) is 16.9 Å². The number of nitrogens with zero attached hydrogens (tertiary/aromatic N) is 2.